The number of rotatable bonds is 6. The fourth-order valence-corrected chi connectivity index (χ4v) is 1.28. The minimum atomic E-state index is 0.238. The highest BCUT2D eigenvalue weighted by Crippen LogP contribution is 2.04. The third-order valence-electron chi connectivity index (χ3n) is 2.06. The fraction of sp³-hybridized carbons (Fsp3) is 0.900. The fourth-order valence-electron chi connectivity index (χ4n) is 1.28. The van der Waals surface area contributed by atoms with E-state index in [9.17, 15) is 4.79 Å². The van der Waals surface area contributed by atoms with Gasteiger partial charge in [-0.2, -0.15) is 0 Å². The summed E-state index contributed by atoms with van der Waals surface area (Å²) in [5.74, 6) is 0.238. The van der Waals surface area contributed by atoms with Crippen LogP contribution < -0.4 is 5.73 Å². The number of carbonyl (C=O) groups excluding carboxylic acids is 1. The lowest BCUT2D eigenvalue weighted by atomic mass is 10.2. The molecule has 1 amide bonds. The molecule has 0 aromatic carbocycles. The Balaban J connectivity index is 3.96. The highest BCUT2D eigenvalue weighted by atomic mass is 16.2. The van der Waals surface area contributed by atoms with Crippen LogP contribution in [0, 0.1) is 0 Å². The second kappa shape index (κ2) is 6.89. The van der Waals surface area contributed by atoms with Crippen molar-refractivity contribution < 1.29 is 4.79 Å². The molecule has 3 nitrogen and oxygen atoms in total. The number of unbranched alkanes of at least 4 members (excludes halogenated alkanes) is 1. The van der Waals surface area contributed by atoms with Crippen LogP contribution in [-0.4, -0.2) is 29.9 Å². The van der Waals surface area contributed by atoms with Crippen molar-refractivity contribution in [3.05, 3.63) is 0 Å². The third kappa shape index (κ3) is 4.88. The Labute approximate surface area is 81.3 Å². The van der Waals surface area contributed by atoms with Crippen molar-refractivity contribution in [2.45, 2.75) is 46.1 Å². The molecule has 0 aromatic heterocycles. The molecule has 0 heterocycles. The largest absolute Gasteiger partial charge is 0.339 e. The lowest BCUT2D eigenvalue weighted by molar-refractivity contribution is -0.132. The molecule has 0 atom stereocenters. The van der Waals surface area contributed by atoms with Gasteiger partial charge in [0.15, 0.2) is 0 Å². The Morgan fingerprint density at radius 3 is 2.46 bits per heavy atom. The molecule has 0 aliphatic carbocycles. The zero-order valence-corrected chi connectivity index (χ0v) is 9.05. The van der Waals surface area contributed by atoms with Crippen LogP contribution in [0.3, 0.4) is 0 Å². The highest BCUT2D eigenvalue weighted by Gasteiger charge is 2.14. The van der Waals surface area contributed by atoms with Crippen LogP contribution in [0.1, 0.15) is 40.0 Å². The van der Waals surface area contributed by atoms with Crippen LogP contribution in [0.15, 0.2) is 0 Å². The van der Waals surface area contributed by atoms with E-state index in [1.165, 1.54) is 0 Å². The van der Waals surface area contributed by atoms with E-state index in [0.717, 1.165) is 12.8 Å². The molecule has 0 fully saturated rings. The van der Waals surface area contributed by atoms with Gasteiger partial charge in [-0.25, -0.2) is 0 Å². The summed E-state index contributed by atoms with van der Waals surface area (Å²) in [5.41, 5.74) is 5.44. The van der Waals surface area contributed by atoms with Crippen LogP contribution in [-0.2, 0) is 4.79 Å². The maximum Gasteiger partial charge on any atom is 0.222 e. The first-order valence-corrected chi connectivity index (χ1v) is 5.13. The van der Waals surface area contributed by atoms with E-state index in [2.05, 4.69) is 6.92 Å². The van der Waals surface area contributed by atoms with Crippen LogP contribution in [0.25, 0.3) is 0 Å². The minimum Gasteiger partial charge on any atom is -0.339 e. The van der Waals surface area contributed by atoms with Gasteiger partial charge >= 0.3 is 0 Å². The molecule has 0 radical (unpaired) electrons. The normalized spacial score (nSPS) is 10.5. The Bertz CT molecular complexity index is 146. The van der Waals surface area contributed by atoms with E-state index in [1.807, 2.05) is 18.7 Å². The van der Waals surface area contributed by atoms with Gasteiger partial charge in [-0.3, -0.25) is 4.79 Å². The van der Waals surface area contributed by atoms with Gasteiger partial charge in [-0.1, -0.05) is 13.3 Å². The van der Waals surface area contributed by atoms with Gasteiger partial charge in [0, 0.05) is 25.6 Å². The summed E-state index contributed by atoms with van der Waals surface area (Å²) in [7, 11) is 0. The van der Waals surface area contributed by atoms with Crippen molar-refractivity contribution in [1.29, 1.82) is 0 Å². The Kier molecular flexibility index (Phi) is 6.59. The molecule has 0 spiro atoms. The van der Waals surface area contributed by atoms with Crippen molar-refractivity contribution >= 4 is 5.91 Å². The van der Waals surface area contributed by atoms with E-state index < -0.39 is 0 Å². The highest BCUT2D eigenvalue weighted by molar-refractivity contribution is 5.76. The summed E-state index contributed by atoms with van der Waals surface area (Å²) in [4.78, 5) is 13.5. The summed E-state index contributed by atoms with van der Waals surface area (Å²) in [5, 5.41) is 0. The van der Waals surface area contributed by atoms with Gasteiger partial charge in [0.25, 0.3) is 0 Å². The lowest BCUT2D eigenvalue weighted by Crippen LogP contribution is -2.40. The average molecular weight is 186 g/mol. The lowest BCUT2D eigenvalue weighted by Gasteiger charge is -2.26. The molecular weight excluding hydrogens is 164 g/mol. The molecule has 0 aliphatic heterocycles. The zero-order valence-electron chi connectivity index (χ0n) is 9.05. The maximum absolute atomic E-state index is 11.6. The molecule has 0 bridgehead atoms. The zero-order chi connectivity index (χ0) is 10.3. The summed E-state index contributed by atoms with van der Waals surface area (Å²) in [6.45, 7) is 7.38. The molecular formula is C10H22N2O. The van der Waals surface area contributed by atoms with E-state index in [0.29, 0.717) is 19.5 Å². The second-order valence-corrected chi connectivity index (χ2v) is 3.57. The van der Waals surface area contributed by atoms with Crippen molar-refractivity contribution in [1.82, 2.24) is 4.90 Å². The molecule has 0 rings (SSSR count). The first kappa shape index (κ1) is 12.4. The Hall–Kier alpha value is -0.570. The number of nitrogens with zero attached hydrogens (tertiary/aromatic N) is 1. The van der Waals surface area contributed by atoms with Crippen molar-refractivity contribution in [3.63, 3.8) is 0 Å². The average Bonchev–Trinajstić information content (AvgIpc) is 2.09. The van der Waals surface area contributed by atoms with Gasteiger partial charge < -0.3 is 10.6 Å². The number of amides is 1. The standard InChI is InChI=1S/C10H22N2O/c1-4-5-6-10(13)12(8-7-11)9(2)3/h9H,4-8,11H2,1-3H3. The van der Waals surface area contributed by atoms with Crippen molar-refractivity contribution in [3.8, 4) is 0 Å². The summed E-state index contributed by atoms with van der Waals surface area (Å²) in [6.07, 6.45) is 2.71. The van der Waals surface area contributed by atoms with Crippen LogP contribution in [0.2, 0.25) is 0 Å². The topological polar surface area (TPSA) is 46.3 Å². The van der Waals surface area contributed by atoms with E-state index in [4.69, 9.17) is 5.73 Å². The third-order valence-corrected chi connectivity index (χ3v) is 2.06. The number of hydrogen-bond donors (Lipinski definition) is 1. The van der Waals surface area contributed by atoms with Crippen molar-refractivity contribution in [2.75, 3.05) is 13.1 Å². The maximum atomic E-state index is 11.6. The van der Waals surface area contributed by atoms with Crippen LogP contribution in [0.5, 0.6) is 0 Å². The van der Waals surface area contributed by atoms with Gasteiger partial charge in [-0.05, 0) is 20.3 Å². The van der Waals surface area contributed by atoms with Gasteiger partial charge in [-0.15, -0.1) is 0 Å². The smallest absolute Gasteiger partial charge is 0.222 e. The van der Waals surface area contributed by atoms with E-state index in [-0.39, 0.29) is 11.9 Å². The summed E-state index contributed by atoms with van der Waals surface area (Å²) >= 11 is 0. The quantitative estimate of drug-likeness (QED) is 0.681. The first-order chi connectivity index (χ1) is 6.13. The molecule has 78 valence electrons. The SMILES string of the molecule is CCCCC(=O)N(CCN)C(C)C. The number of hydrogen-bond acceptors (Lipinski definition) is 2. The van der Waals surface area contributed by atoms with Crippen molar-refractivity contribution in [2.24, 2.45) is 5.73 Å². The van der Waals surface area contributed by atoms with Gasteiger partial charge in [0.1, 0.15) is 0 Å². The van der Waals surface area contributed by atoms with Crippen LogP contribution >= 0.6 is 0 Å². The minimum absolute atomic E-state index is 0.238. The number of carbonyl (C=O) groups is 1. The predicted octanol–water partition coefficient (Wildman–Crippen LogP) is 1.37. The van der Waals surface area contributed by atoms with E-state index in [1.54, 1.807) is 0 Å². The molecule has 0 aliphatic rings. The molecule has 3 heteroatoms. The monoisotopic (exact) mass is 186 g/mol. The summed E-state index contributed by atoms with van der Waals surface area (Å²) < 4.78 is 0. The Morgan fingerprint density at radius 2 is 2.08 bits per heavy atom. The predicted molar refractivity (Wildman–Crippen MR) is 55.4 cm³/mol. The van der Waals surface area contributed by atoms with Gasteiger partial charge in [0.2, 0.25) is 5.91 Å². The first-order valence-electron chi connectivity index (χ1n) is 5.13. The molecule has 2 N–H and O–H groups in total. The Morgan fingerprint density at radius 1 is 1.46 bits per heavy atom. The second-order valence-electron chi connectivity index (χ2n) is 3.57. The molecule has 0 saturated carbocycles. The summed E-state index contributed by atoms with van der Waals surface area (Å²) in [6, 6.07) is 0.271. The molecule has 0 unspecified atom stereocenters. The van der Waals surface area contributed by atoms with Gasteiger partial charge in [0.05, 0.1) is 0 Å². The number of nitrogens with two attached hydrogens (primary N) is 1. The van der Waals surface area contributed by atoms with E-state index >= 15 is 0 Å². The molecule has 0 aromatic rings. The molecule has 13 heavy (non-hydrogen) atoms. The molecule has 0 saturated heterocycles. The van der Waals surface area contributed by atoms with Crippen LogP contribution in [0.4, 0.5) is 0 Å².